The number of aryl methyl sites for hydroxylation is 1. The molecule has 32 heavy (non-hydrogen) atoms. The topological polar surface area (TPSA) is 86.2 Å². The average Bonchev–Trinajstić information content (AvgIpc) is 3.52. The Bertz CT molecular complexity index is 1110. The fourth-order valence-corrected chi connectivity index (χ4v) is 4.98. The second-order valence-corrected chi connectivity index (χ2v) is 8.81. The van der Waals surface area contributed by atoms with Crippen LogP contribution in [0.15, 0.2) is 41.7 Å². The number of rotatable bonds is 8. The van der Waals surface area contributed by atoms with Crippen molar-refractivity contribution < 1.29 is 19.1 Å². The molecule has 1 atom stereocenters. The van der Waals surface area contributed by atoms with E-state index in [4.69, 9.17) is 9.47 Å². The van der Waals surface area contributed by atoms with Crippen molar-refractivity contribution in [3.8, 4) is 11.3 Å². The minimum atomic E-state index is -0.442. The standard InChI is InChI=1S/C24H27N3O4S/c1-15-21(23(29)30-3)16(2)26-22(15)20(28)14-32-24-25-12-19(17-8-5-4-6-9-17)27(24)13-18-10-7-11-31-18/h4-6,8-9,12,18,26H,7,10-11,13-14H2,1-3H3. The van der Waals surface area contributed by atoms with Crippen molar-refractivity contribution in [1.82, 2.24) is 14.5 Å². The number of carbonyl (C=O) groups is 2. The van der Waals surface area contributed by atoms with Gasteiger partial charge in [0.15, 0.2) is 10.9 Å². The highest BCUT2D eigenvalue weighted by Crippen LogP contribution is 2.29. The van der Waals surface area contributed by atoms with Crippen molar-refractivity contribution >= 4 is 23.5 Å². The molecule has 4 rings (SSSR count). The number of carbonyl (C=O) groups excluding carboxylic acids is 2. The molecule has 1 fully saturated rings. The van der Waals surface area contributed by atoms with Gasteiger partial charge in [-0.1, -0.05) is 42.1 Å². The Hall–Kier alpha value is -2.84. The molecular weight excluding hydrogens is 426 g/mol. The lowest BCUT2D eigenvalue weighted by atomic mass is 10.1. The van der Waals surface area contributed by atoms with E-state index in [1.54, 1.807) is 13.8 Å². The van der Waals surface area contributed by atoms with Crippen molar-refractivity contribution in [1.29, 1.82) is 0 Å². The van der Waals surface area contributed by atoms with E-state index in [1.165, 1.54) is 18.9 Å². The van der Waals surface area contributed by atoms with E-state index in [9.17, 15) is 9.59 Å². The predicted octanol–water partition coefficient (Wildman–Crippen LogP) is 4.44. The smallest absolute Gasteiger partial charge is 0.339 e. The number of aromatic amines is 1. The molecule has 0 radical (unpaired) electrons. The summed E-state index contributed by atoms with van der Waals surface area (Å²) in [5, 5.41) is 0.779. The number of aromatic nitrogens is 3. The highest BCUT2D eigenvalue weighted by Gasteiger charge is 2.24. The number of imidazole rings is 1. The van der Waals surface area contributed by atoms with Crippen molar-refractivity contribution in [2.45, 2.75) is 44.5 Å². The van der Waals surface area contributed by atoms with Gasteiger partial charge < -0.3 is 19.0 Å². The van der Waals surface area contributed by atoms with Crippen molar-refractivity contribution in [2.24, 2.45) is 0 Å². The zero-order chi connectivity index (χ0) is 22.7. The fraction of sp³-hybridized carbons (Fsp3) is 0.375. The molecule has 1 N–H and O–H groups in total. The molecule has 168 valence electrons. The Morgan fingerprint density at radius 3 is 2.75 bits per heavy atom. The number of benzene rings is 1. The quantitative estimate of drug-likeness (QED) is 0.308. The van der Waals surface area contributed by atoms with Gasteiger partial charge >= 0.3 is 5.97 Å². The van der Waals surface area contributed by atoms with Crippen LogP contribution in [-0.4, -0.2) is 51.9 Å². The van der Waals surface area contributed by atoms with Gasteiger partial charge in [-0.2, -0.15) is 0 Å². The number of methoxy groups -OCH3 is 1. The van der Waals surface area contributed by atoms with Crippen LogP contribution in [0.1, 0.15) is 44.9 Å². The van der Waals surface area contributed by atoms with Gasteiger partial charge in [0.25, 0.3) is 0 Å². The summed E-state index contributed by atoms with van der Waals surface area (Å²) in [5.41, 5.74) is 4.20. The van der Waals surface area contributed by atoms with Gasteiger partial charge in [0.05, 0.1) is 48.7 Å². The lowest BCUT2D eigenvalue weighted by Gasteiger charge is -2.16. The molecule has 7 nitrogen and oxygen atoms in total. The van der Waals surface area contributed by atoms with E-state index in [1.807, 2.05) is 24.4 Å². The van der Waals surface area contributed by atoms with E-state index in [2.05, 4.69) is 26.7 Å². The first kappa shape index (κ1) is 22.4. The molecule has 0 saturated carbocycles. The molecule has 8 heteroatoms. The van der Waals surface area contributed by atoms with E-state index in [0.717, 1.165) is 35.9 Å². The van der Waals surface area contributed by atoms with Crippen molar-refractivity contribution in [2.75, 3.05) is 19.5 Å². The molecule has 1 aromatic carbocycles. The summed E-state index contributed by atoms with van der Waals surface area (Å²) in [6, 6.07) is 10.1. The van der Waals surface area contributed by atoms with Crippen LogP contribution >= 0.6 is 11.8 Å². The minimum Gasteiger partial charge on any atom is -0.465 e. The second kappa shape index (κ2) is 9.75. The lowest BCUT2D eigenvalue weighted by Crippen LogP contribution is -2.17. The first-order chi connectivity index (χ1) is 15.5. The molecule has 3 aromatic rings. The highest BCUT2D eigenvalue weighted by molar-refractivity contribution is 7.99. The van der Waals surface area contributed by atoms with Crippen LogP contribution in [0.4, 0.5) is 0 Å². The van der Waals surface area contributed by atoms with Crippen LogP contribution in [0, 0.1) is 13.8 Å². The Labute approximate surface area is 191 Å². The molecule has 0 spiro atoms. The third-order valence-electron chi connectivity index (χ3n) is 5.74. The molecule has 0 amide bonds. The van der Waals surface area contributed by atoms with Gasteiger partial charge in [-0.15, -0.1) is 0 Å². The highest BCUT2D eigenvalue weighted by atomic mass is 32.2. The fourth-order valence-electron chi connectivity index (χ4n) is 4.12. The molecule has 1 aliphatic heterocycles. The first-order valence-electron chi connectivity index (χ1n) is 10.7. The van der Waals surface area contributed by atoms with Gasteiger partial charge in [0.2, 0.25) is 0 Å². The molecule has 0 aliphatic carbocycles. The van der Waals surface area contributed by atoms with Gasteiger partial charge in [-0.3, -0.25) is 4.79 Å². The third kappa shape index (κ3) is 4.52. The van der Waals surface area contributed by atoms with E-state index < -0.39 is 5.97 Å². The number of H-pyrrole nitrogens is 1. The number of ketones is 1. The van der Waals surface area contributed by atoms with E-state index >= 15 is 0 Å². The average molecular weight is 454 g/mol. The summed E-state index contributed by atoms with van der Waals surface area (Å²) >= 11 is 1.40. The van der Waals surface area contributed by atoms with E-state index in [0.29, 0.717) is 29.1 Å². The van der Waals surface area contributed by atoms with Crippen molar-refractivity contribution in [3.05, 3.63) is 59.0 Å². The van der Waals surface area contributed by atoms with Crippen LogP contribution < -0.4 is 0 Å². The number of nitrogens with one attached hydrogen (secondary N) is 1. The molecule has 1 saturated heterocycles. The Balaban J connectivity index is 1.56. The van der Waals surface area contributed by atoms with Gasteiger partial charge in [0, 0.05) is 12.3 Å². The van der Waals surface area contributed by atoms with E-state index in [-0.39, 0.29) is 17.6 Å². The Morgan fingerprint density at radius 1 is 1.28 bits per heavy atom. The maximum Gasteiger partial charge on any atom is 0.339 e. The third-order valence-corrected chi connectivity index (χ3v) is 6.73. The normalized spacial score (nSPS) is 15.8. The van der Waals surface area contributed by atoms with Gasteiger partial charge in [0.1, 0.15) is 0 Å². The number of esters is 1. The Kier molecular flexibility index (Phi) is 6.81. The summed E-state index contributed by atoms with van der Waals surface area (Å²) in [6.45, 7) is 5.02. The second-order valence-electron chi connectivity index (χ2n) is 7.87. The Morgan fingerprint density at radius 2 is 2.06 bits per heavy atom. The summed E-state index contributed by atoms with van der Waals surface area (Å²) < 4.78 is 12.9. The monoisotopic (exact) mass is 453 g/mol. The largest absolute Gasteiger partial charge is 0.465 e. The number of Topliss-reactive ketones (excluding diaryl/α,β-unsaturated/α-hetero) is 1. The van der Waals surface area contributed by atoms with Crippen LogP contribution in [-0.2, 0) is 16.0 Å². The van der Waals surface area contributed by atoms with Crippen molar-refractivity contribution in [3.63, 3.8) is 0 Å². The van der Waals surface area contributed by atoms with Crippen LogP contribution in [0.25, 0.3) is 11.3 Å². The zero-order valence-corrected chi connectivity index (χ0v) is 19.3. The SMILES string of the molecule is COC(=O)c1c(C)[nH]c(C(=O)CSc2ncc(-c3ccccc3)n2CC2CCCO2)c1C. The molecule has 1 aliphatic rings. The summed E-state index contributed by atoms with van der Waals surface area (Å²) in [7, 11) is 1.34. The summed E-state index contributed by atoms with van der Waals surface area (Å²) in [4.78, 5) is 32.7. The first-order valence-corrected chi connectivity index (χ1v) is 11.6. The summed E-state index contributed by atoms with van der Waals surface area (Å²) in [5.74, 6) is -0.320. The van der Waals surface area contributed by atoms with Gasteiger partial charge in [-0.05, 0) is 37.8 Å². The van der Waals surface area contributed by atoms with Crippen LogP contribution in [0.3, 0.4) is 0 Å². The zero-order valence-electron chi connectivity index (χ0n) is 18.5. The minimum absolute atomic E-state index is 0.0846. The molecule has 3 heterocycles. The molecular formula is C24H27N3O4S. The van der Waals surface area contributed by atoms with Crippen LogP contribution in [0.2, 0.25) is 0 Å². The number of hydrogen-bond acceptors (Lipinski definition) is 6. The maximum absolute atomic E-state index is 13.0. The summed E-state index contributed by atoms with van der Waals surface area (Å²) in [6.07, 6.45) is 4.09. The maximum atomic E-state index is 13.0. The number of thioether (sulfide) groups is 1. The van der Waals surface area contributed by atoms with Crippen LogP contribution in [0.5, 0.6) is 0 Å². The van der Waals surface area contributed by atoms with Gasteiger partial charge in [-0.25, -0.2) is 9.78 Å². The molecule has 2 aromatic heterocycles. The number of nitrogens with zero attached hydrogens (tertiary/aromatic N) is 2. The lowest BCUT2D eigenvalue weighted by molar-refractivity contribution is 0.0599. The predicted molar refractivity (Wildman–Crippen MR) is 123 cm³/mol. The number of hydrogen-bond donors (Lipinski definition) is 1. The number of ether oxygens (including phenoxy) is 2. The molecule has 1 unspecified atom stereocenters. The molecule has 0 bridgehead atoms.